The molecule has 0 saturated heterocycles. The number of carbonyl (C=O) groups is 1. The van der Waals surface area contributed by atoms with Gasteiger partial charge < -0.3 is 14.0 Å². The molecule has 0 atom stereocenters. The molecule has 0 saturated carbocycles. The molecule has 134 valence electrons. The van der Waals surface area contributed by atoms with Crippen molar-refractivity contribution in [2.24, 2.45) is 0 Å². The second kappa shape index (κ2) is 6.92. The molecule has 1 aliphatic rings. The smallest absolute Gasteiger partial charge is 0.410 e. The predicted octanol–water partition coefficient (Wildman–Crippen LogP) is 3.26. The summed E-state index contributed by atoms with van der Waals surface area (Å²) in [5.41, 5.74) is -0.514. The number of hydrogen-bond acceptors (Lipinski definition) is 5. The molecule has 0 aliphatic carbocycles. The topological polar surface area (TPSA) is 69.5 Å². The molecule has 0 bridgehead atoms. The first-order valence-electron chi connectivity index (χ1n) is 8.09. The van der Waals surface area contributed by atoms with E-state index in [1.54, 1.807) is 29.2 Å². The normalized spacial score (nSPS) is 14.2. The SMILES string of the molecule is CC(C)(C)OC(=O)N1CCn2c(COc3ccc(Cl)cc3)nnc2C1. The van der Waals surface area contributed by atoms with Gasteiger partial charge in [-0.05, 0) is 45.0 Å². The van der Waals surface area contributed by atoms with Crippen LogP contribution in [0.4, 0.5) is 4.79 Å². The number of hydrogen-bond donors (Lipinski definition) is 0. The van der Waals surface area contributed by atoms with E-state index < -0.39 is 5.60 Å². The first kappa shape index (κ1) is 17.5. The van der Waals surface area contributed by atoms with Gasteiger partial charge in [0.15, 0.2) is 11.6 Å². The molecular weight excluding hydrogens is 344 g/mol. The fourth-order valence-electron chi connectivity index (χ4n) is 2.49. The maximum absolute atomic E-state index is 12.2. The van der Waals surface area contributed by atoms with Gasteiger partial charge in [-0.3, -0.25) is 4.90 Å². The van der Waals surface area contributed by atoms with Crippen molar-refractivity contribution in [1.82, 2.24) is 19.7 Å². The van der Waals surface area contributed by atoms with Crippen LogP contribution in [0, 0.1) is 0 Å². The van der Waals surface area contributed by atoms with Crippen molar-refractivity contribution in [3.8, 4) is 5.75 Å². The van der Waals surface area contributed by atoms with E-state index in [-0.39, 0.29) is 6.09 Å². The van der Waals surface area contributed by atoms with Gasteiger partial charge in [0.25, 0.3) is 0 Å². The Morgan fingerprint density at radius 3 is 2.60 bits per heavy atom. The number of fused-ring (bicyclic) bond motifs is 1. The van der Waals surface area contributed by atoms with E-state index >= 15 is 0 Å². The molecule has 8 heteroatoms. The summed E-state index contributed by atoms with van der Waals surface area (Å²) in [6, 6.07) is 7.16. The van der Waals surface area contributed by atoms with Crippen molar-refractivity contribution in [1.29, 1.82) is 0 Å². The Morgan fingerprint density at radius 2 is 1.92 bits per heavy atom. The van der Waals surface area contributed by atoms with Gasteiger partial charge in [0, 0.05) is 18.1 Å². The third-order valence-corrected chi connectivity index (χ3v) is 3.92. The zero-order chi connectivity index (χ0) is 18.0. The lowest BCUT2D eigenvalue weighted by atomic mass is 10.2. The third-order valence-electron chi connectivity index (χ3n) is 3.66. The van der Waals surface area contributed by atoms with Crippen molar-refractivity contribution in [3.05, 3.63) is 40.9 Å². The number of aromatic nitrogens is 3. The van der Waals surface area contributed by atoms with Crippen molar-refractivity contribution < 1.29 is 14.3 Å². The lowest BCUT2D eigenvalue weighted by Gasteiger charge is -2.30. The fraction of sp³-hybridized carbons (Fsp3) is 0.471. The second-order valence-electron chi connectivity index (χ2n) is 6.83. The summed E-state index contributed by atoms with van der Waals surface area (Å²) in [5, 5.41) is 9.02. The minimum atomic E-state index is -0.514. The zero-order valence-electron chi connectivity index (χ0n) is 14.5. The van der Waals surface area contributed by atoms with Crippen LogP contribution in [-0.2, 0) is 24.4 Å². The summed E-state index contributed by atoms with van der Waals surface area (Å²) in [6.07, 6.45) is -0.333. The molecule has 0 unspecified atom stereocenters. The monoisotopic (exact) mass is 364 g/mol. The Bertz CT molecular complexity index is 752. The van der Waals surface area contributed by atoms with E-state index in [9.17, 15) is 4.79 Å². The van der Waals surface area contributed by atoms with Crippen LogP contribution in [0.25, 0.3) is 0 Å². The van der Waals surface area contributed by atoms with Crippen LogP contribution in [0.5, 0.6) is 5.75 Å². The molecule has 7 nitrogen and oxygen atoms in total. The number of rotatable bonds is 3. The van der Waals surface area contributed by atoms with Gasteiger partial charge in [-0.1, -0.05) is 11.6 Å². The Kier molecular flexibility index (Phi) is 4.85. The Balaban J connectivity index is 1.62. The summed E-state index contributed by atoms with van der Waals surface area (Å²) in [5.74, 6) is 2.17. The van der Waals surface area contributed by atoms with Crippen LogP contribution < -0.4 is 4.74 Å². The van der Waals surface area contributed by atoms with Crippen LogP contribution in [0.3, 0.4) is 0 Å². The van der Waals surface area contributed by atoms with E-state index in [0.717, 1.165) is 11.6 Å². The minimum Gasteiger partial charge on any atom is -0.486 e. The van der Waals surface area contributed by atoms with Crippen molar-refractivity contribution in [2.45, 2.75) is 46.1 Å². The van der Waals surface area contributed by atoms with E-state index in [4.69, 9.17) is 21.1 Å². The number of carbonyl (C=O) groups excluding carboxylic acids is 1. The van der Waals surface area contributed by atoms with Crippen molar-refractivity contribution in [3.63, 3.8) is 0 Å². The van der Waals surface area contributed by atoms with E-state index in [1.807, 2.05) is 25.3 Å². The number of benzene rings is 1. The van der Waals surface area contributed by atoms with Gasteiger partial charge in [0.1, 0.15) is 18.0 Å². The molecule has 0 fully saturated rings. The summed E-state index contributed by atoms with van der Waals surface area (Å²) < 4.78 is 13.1. The minimum absolute atomic E-state index is 0.307. The molecule has 2 aromatic rings. The molecule has 1 aliphatic heterocycles. The van der Waals surface area contributed by atoms with Gasteiger partial charge in [0.05, 0.1) is 6.54 Å². The maximum Gasteiger partial charge on any atom is 0.410 e. The summed E-state index contributed by atoms with van der Waals surface area (Å²) in [6.45, 7) is 7.40. The van der Waals surface area contributed by atoms with Crippen molar-refractivity contribution >= 4 is 17.7 Å². The van der Waals surface area contributed by atoms with Crippen LogP contribution in [0.15, 0.2) is 24.3 Å². The van der Waals surface area contributed by atoms with Crippen LogP contribution in [0.2, 0.25) is 5.02 Å². The van der Waals surface area contributed by atoms with E-state index in [0.29, 0.717) is 37.0 Å². The average Bonchev–Trinajstić information content (AvgIpc) is 2.95. The molecule has 3 rings (SSSR count). The highest BCUT2D eigenvalue weighted by Gasteiger charge is 2.28. The predicted molar refractivity (Wildman–Crippen MR) is 92.5 cm³/mol. The Morgan fingerprint density at radius 1 is 1.20 bits per heavy atom. The first-order chi connectivity index (χ1) is 11.8. The highest BCUT2D eigenvalue weighted by molar-refractivity contribution is 6.30. The van der Waals surface area contributed by atoms with E-state index in [1.165, 1.54) is 0 Å². The Labute approximate surface area is 151 Å². The molecule has 25 heavy (non-hydrogen) atoms. The van der Waals surface area contributed by atoms with Gasteiger partial charge in [0.2, 0.25) is 0 Å². The van der Waals surface area contributed by atoms with Gasteiger partial charge in [-0.15, -0.1) is 10.2 Å². The van der Waals surface area contributed by atoms with Crippen LogP contribution in [0.1, 0.15) is 32.4 Å². The molecule has 1 aromatic heterocycles. The number of ether oxygens (including phenoxy) is 2. The number of halogens is 1. The highest BCUT2D eigenvalue weighted by Crippen LogP contribution is 2.19. The lowest BCUT2D eigenvalue weighted by molar-refractivity contribution is 0.0193. The molecule has 0 radical (unpaired) electrons. The van der Waals surface area contributed by atoms with Crippen LogP contribution in [-0.4, -0.2) is 37.9 Å². The molecule has 0 spiro atoms. The van der Waals surface area contributed by atoms with Gasteiger partial charge >= 0.3 is 6.09 Å². The lowest BCUT2D eigenvalue weighted by Crippen LogP contribution is -2.41. The van der Waals surface area contributed by atoms with Gasteiger partial charge in [-0.2, -0.15) is 0 Å². The maximum atomic E-state index is 12.2. The van der Waals surface area contributed by atoms with Crippen LogP contribution >= 0.6 is 11.6 Å². The summed E-state index contributed by atoms with van der Waals surface area (Å²) >= 11 is 5.86. The highest BCUT2D eigenvalue weighted by atomic mass is 35.5. The molecule has 1 aromatic carbocycles. The third kappa shape index (κ3) is 4.42. The summed E-state index contributed by atoms with van der Waals surface area (Å²) in [7, 11) is 0. The van der Waals surface area contributed by atoms with E-state index in [2.05, 4.69) is 10.2 Å². The fourth-order valence-corrected chi connectivity index (χ4v) is 2.61. The first-order valence-corrected chi connectivity index (χ1v) is 8.47. The molecule has 2 heterocycles. The molecule has 0 N–H and O–H groups in total. The van der Waals surface area contributed by atoms with Gasteiger partial charge in [-0.25, -0.2) is 4.79 Å². The number of nitrogens with zero attached hydrogens (tertiary/aromatic N) is 4. The largest absolute Gasteiger partial charge is 0.486 e. The second-order valence-corrected chi connectivity index (χ2v) is 7.27. The Hall–Kier alpha value is -2.28. The summed E-state index contributed by atoms with van der Waals surface area (Å²) in [4.78, 5) is 13.8. The zero-order valence-corrected chi connectivity index (χ0v) is 15.3. The molecular formula is C17H21ClN4O3. The quantitative estimate of drug-likeness (QED) is 0.836. The molecule has 1 amide bonds. The number of amides is 1. The van der Waals surface area contributed by atoms with Crippen molar-refractivity contribution in [2.75, 3.05) is 6.54 Å². The average molecular weight is 365 g/mol. The standard InChI is InChI=1S/C17H21ClN4O3/c1-17(2,3)25-16(23)21-8-9-22-14(10-21)19-20-15(22)11-24-13-6-4-12(18)5-7-13/h4-7H,8-11H2,1-3H3.